The van der Waals surface area contributed by atoms with E-state index in [4.69, 9.17) is 23.2 Å². The third-order valence-electron chi connectivity index (χ3n) is 4.98. The molecule has 0 unspecified atom stereocenters. The average molecular weight is 417 g/mol. The van der Waals surface area contributed by atoms with E-state index in [1.54, 1.807) is 18.2 Å². The Morgan fingerprint density at radius 1 is 1.12 bits per heavy atom. The summed E-state index contributed by atoms with van der Waals surface area (Å²) in [6.45, 7) is 3.97. The second-order valence-corrected chi connectivity index (χ2v) is 7.28. The summed E-state index contributed by atoms with van der Waals surface area (Å²) < 4.78 is 2.23. The molecular formula is C17H20Cl3N5O. The molecule has 0 spiro atoms. The van der Waals surface area contributed by atoms with Crippen molar-refractivity contribution in [1.29, 1.82) is 0 Å². The fourth-order valence-electron chi connectivity index (χ4n) is 3.62. The van der Waals surface area contributed by atoms with Crippen LogP contribution in [0.25, 0.3) is 0 Å². The molecule has 6 nitrogen and oxygen atoms in total. The Morgan fingerprint density at radius 2 is 1.81 bits per heavy atom. The van der Waals surface area contributed by atoms with Gasteiger partial charge in [0, 0.05) is 32.1 Å². The third-order valence-corrected chi connectivity index (χ3v) is 5.61. The molecule has 26 heavy (non-hydrogen) atoms. The molecule has 1 fully saturated rings. The van der Waals surface area contributed by atoms with E-state index in [-0.39, 0.29) is 18.3 Å². The fourth-order valence-corrected chi connectivity index (χ4v) is 4.18. The lowest BCUT2D eigenvalue weighted by molar-refractivity contribution is 0.0710. The Morgan fingerprint density at radius 3 is 2.50 bits per heavy atom. The van der Waals surface area contributed by atoms with Crippen molar-refractivity contribution in [2.75, 3.05) is 19.6 Å². The van der Waals surface area contributed by atoms with E-state index in [1.807, 2.05) is 4.90 Å². The number of fused-ring (bicyclic) bond motifs is 1. The van der Waals surface area contributed by atoms with Gasteiger partial charge >= 0.3 is 0 Å². The highest BCUT2D eigenvalue weighted by atomic mass is 35.5. The predicted molar refractivity (Wildman–Crippen MR) is 103 cm³/mol. The van der Waals surface area contributed by atoms with Crippen molar-refractivity contribution in [3.8, 4) is 0 Å². The number of aromatic nitrogens is 3. The van der Waals surface area contributed by atoms with E-state index in [0.717, 1.165) is 44.1 Å². The number of nitrogens with one attached hydrogen (secondary N) is 1. The number of nitrogens with zero attached hydrogens (tertiary/aromatic N) is 4. The zero-order chi connectivity index (χ0) is 17.4. The quantitative estimate of drug-likeness (QED) is 0.817. The molecule has 2 aromatic rings. The summed E-state index contributed by atoms with van der Waals surface area (Å²) in [7, 11) is 0. The van der Waals surface area contributed by atoms with Gasteiger partial charge in [-0.1, -0.05) is 29.3 Å². The first-order valence-corrected chi connectivity index (χ1v) is 9.26. The first-order chi connectivity index (χ1) is 12.1. The maximum atomic E-state index is 12.8. The highest BCUT2D eigenvalue weighted by Crippen LogP contribution is 2.31. The van der Waals surface area contributed by atoms with Gasteiger partial charge in [0.05, 0.1) is 22.2 Å². The molecule has 1 amide bonds. The van der Waals surface area contributed by atoms with Crippen LogP contribution in [0.2, 0.25) is 10.0 Å². The van der Waals surface area contributed by atoms with Crippen LogP contribution in [0.15, 0.2) is 18.2 Å². The summed E-state index contributed by atoms with van der Waals surface area (Å²) in [5.74, 6) is 2.30. The first kappa shape index (κ1) is 19.4. The minimum Gasteiger partial charge on any atom is -0.339 e. The van der Waals surface area contributed by atoms with Gasteiger partial charge in [0.15, 0.2) is 0 Å². The zero-order valence-electron chi connectivity index (χ0n) is 14.1. The Balaban J connectivity index is 0.00000196. The second-order valence-electron chi connectivity index (χ2n) is 6.47. The van der Waals surface area contributed by atoms with Crippen LogP contribution >= 0.6 is 35.6 Å². The van der Waals surface area contributed by atoms with Crippen molar-refractivity contribution in [2.24, 2.45) is 0 Å². The molecule has 2 aliphatic rings. The van der Waals surface area contributed by atoms with Gasteiger partial charge in [0.1, 0.15) is 11.6 Å². The van der Waals surface area contributed by atoms with Crippen molar-refractivity contribution in [3.63, 3.8) is 0 Å². The summed E-state index contributed by atoms with van der Waals surface area (Å²) in [5, 5.41) is 12.8. The van der Waals surface area contributed by atoms with Crippen LogP contribution in [0.1, 0.15) is 40.8 Å². The van der Waals surface area contributed by atoms with Crippen LogP contribution in [0.3, 0.4) is 0 Å². The standard InChI is InChI=1S/C17H19Cl2N5O.ClH/c18-12-2-1-3-13(19)15(12)17(25)23-7-4-11(5-8-23)16-22-21-14-10-20-6-9-24(14)16;/h1-3,11,20H,4-10H2;1H. The SMILES string of the molecule is Cl.O=C(c1c(Cl)cccc1Cl)N1CCC(c2nnc3n2CCNC3)CC1. The smallest absolute Gasteiger partial charge is 0.256 e. The van der Waals surface area contributed by atoms with E-state index in [2.05, 4.69) is 20.1 Å². The lowest BCUT2D eigenvalue weighted by Gasteiger charge is -2.32. The molecule has 0 radical (unpaired) electrons. The Labute approximate surface area is 168 Å². The van der Waals surface area contributed by atoms with Crippen LogP contribution in [-0.4, -0.2) is 45.2 Å². The molecule has 0 bridgehead atoms. The predicted octanol–water partition coefficient (Wildman–Crippen LogP) is 3.13. The fraction of sp³-hybridized carbons (Fsp3) is 0.471. The van der Waals surface area contributed by atoms with Gasteiger partial charge in [-0.3, -0.25) is 4.79 Å². The Hall–Kier alpha value is -1.34. The molecule has 3 heterocycles. The minimum absolute atomic E-state index is 0. The lowest BCUT2D eigenvalue weighted by Crippen LogP contribution is -2.39. The van der Waals surface area contributed by atoms with Gasteiger partial charge in [-0.25, -0.2) is 0 Å². The van der Waals surface area contributed by atoms with Crippen molar-refractivity contribution >= 4 is 41.5 Å². The largest absolute Gasteiger partial charge is 0.339 e. The van der Waals surface area contributed by atoms with E-state index in [9.17, 15) is 4.79 Å². The molecule has 4 rings (SSSR count). The maximum absolute atomic E-state index is 12.8. The summed E-state index contributed by atoms with van der Waals surface area (Å²) in [5.41, 5.74) is 0.398. The molecule has 0 saturated carbocycles. The summed E-state index contributed by atoms with van der Waals surface area (Å²) in [6, 6.07) is 5.14. The number of carbonyl (C=O) groups is 1. The number of piperidine rings is 1. The number of carbonyl (C=O) groups excluding carboxylic acids is 1. The van der Waals surface area contributed by atoms with E-state index < -0.39 is 0 Å². The van der Waals surface area contributed by atoms with Gasteiger partial charge < -0.3 is 14.8 Å². The normalized spacial score (nSPS) is 17.5. The topological polar surface area (TPSA) is 63.1 Å². The van der Waals surface area contributed by atoms with Crippen LogP contribution in [0.5, 0.6) is 0 Å². The van der Waals surface area contributed by atoms with Gasteiger partial charge in [0.2, 0.25) is 0 Å². The maximum Gasteiger partial charge on any atom is 0.256 e. The van der Waals surface area contributed by atoms with Crippen molar-refractivity contribution in [1.82, 2.24) is 25.0 Å². The molecule has 0 atom stereocenters. The monoisotopic (exact) mass is 415 g/mol. The molecule has 2 aliphatic heterocycles. The van der Waals surface area contributed by atoms with E-state index >= 15 is 0 Å². The van der Waals surface area contributed by atoms with E-state index in [1.165, 1.54) is 0 Å². The molecule has 1 aromatic carbocycles. The van der Waals surface area contributed by atoms with Crippen LogP contribution in [0.4, 0.5) is 0 Å². The molecule has 1 saturated heterocycles. The van der Waals surface area contributed by atoms with Crippen molar-refractivity contribution < 1.29 is 4.79 Å². The zero-order valence-corrected chi connectivity index (χ0v) is 16.4. The second kappa shape index (κ2) is 8.13. The number of likely N-dealkylation sites (tertiary alicyclic amines) is 1. The number of rotatable bonds is 2. The number of amides is 1. The number of benzene rings is 1. The molecule has 0 aliphatic carbocycles. The van der Waals surface area contributed by atoms with Crippen molar-refractivity contribution in [3.05, 3.63) is 45.5 Å². The summed E-state index contributed by atoms with van der Waals surface area (Å²) in [4.78, 5) is 14.6. The molecule has 9 heteroatoms. The highest BCUT2D eigenvalue weighted by molar-refractivity contribution is 6.39. The van der Waals surface area contributed by atoms with Crippen LogP contribution in [0, 0.1) is 0 Å². The van der Waals surface area contributed by atoms with Crippen LogP contribution in [-0.2, 0) is 13.1 Å². The van der Waals surface area contributed by atoms with Gasteiger partial charge in [0.25, 0.3) is 5.91 Å². The number of hydrogen-bond acceptors (Lipinski definition) is 4. The van der Waals surface area contributed by atoms with Crippen molar-refractivity contribution in [2.45, 2.75) is 31.8 Å². The summed E-state index contributed by atoms with van der Waals surface area (Å²) in [6.07, 6.45) is 1.75. The minimum atomic E-state index is -0.0958. The van der Waals surface area contributed by atoms with E-state index in [0.29, 0.717) is 34.6 Å². The Bertz CT molecular complexity index is 781. The number of halogens is 3. The Kier molecular flexibility index (Phi) is 6.07. The molecule has 1 N–H and O–H groups in total. The third kappa shape index (κ3) is 3.56. The average Bonchev–Trinajstić information content (AvgIpc) is 3.06. The van der Waals surface area contributed by atoms with Gasteiger partial charge in [-0.2, -0.15) is 0 Å². The van der Waals surface area contributed by atoms with Gasteiger partial charge in [-0.05, 0) is 25.0 Å². The summed E-state index contributed by atoms with van der Waals surface area (Å²) >= 11 is 12.3. The molecule has 1 aromatic heterocycles. The van der Waals surface area contributed by atoms with Crippen LogP contribution < -0.4 is 5.32 Å². The molecular weight excluding hydrogens is 397 g/mol. The number of hydrogen-bond donors (Lipinski definition) is 1. The first-order valence-electron chi connectivity index (χ1n) is 8.51. The lowest BCUT2D eigenvalue weighted by atomic mass is 9.95. The van der Waals surface area contributed by atoms with Gasteiger partial charge in [-0.15, -0.1) is 22.6 Å². The molecule has 140 valence electrons. The highest BCUT2D eigenvalue weighted by Gasteiger charge is 2.30.